The second-order valence-electron chi connectivity index (χ2n) is 6.39. The molecule has 1 fully saturated rings. The van der Waals surface area contributed by atoms with Gasteiger partial charge in [0.25, 0.3) is 11.8 Å². The van der Waals surface area contributed by atoms with Crippen molar-refractivity contribution in [2.24, 2.45) is 0 Å². The summed E-state index contributed by atoms with van der Waals surface area (Å²) in [4.78, 5) is 48.5. The summed E-state index contributed by atoms with van der Waals surface area (Å²) in [6, 6.07) is 17.2. The third kappa shape index (κ3) is 3.41. The highest BCUT2D eigenvalue weighted by atomic mass is 16.2. The molecular formula is C22H16N4O3. The van der Waals surface area contributed by atoms with Crippen LogP contribution in [0, 0.1) is 0 Å². The number of imide groups is 2. The summed E-state index contributed by atoms with van der Waals surface area (Å²) in [5.74, 6) is -0.817. The highest BCUT2D eigenvalue weighted by Crippen LogP contribution is 2.25. The number of likely N-dealkylation sites (N-methyl/N-ethyl adjacent to an activating group) is 1. The maximum atomic E-state index is 12.9. The van der Waals surface area contributed by atoms with Crippen molar-refractivity contribution in [3.05, 3.63) is 84.2 Å². The van der Waals surface area contributed by atoms with Crippen LogP contribution < -0.4 is 4.90 Å². The van der Waals surface area contributed by atoms with Crippen molar-refractivity contribution >= 4 is 29.6 Å². The number of aromatic nitrogens is 2. The number of urea groups is 1. The number of hydrogen-bond acceptors (Lipinski definition) is 5. The number of rotatable bonds is 3. The highest BCUT2D eigenvalue weighted by molar-refractivity contribution is 6.38. The molecule has 1 aromatic heterocycles. The molecule has 2 heterocycles. The first kappa shape index (κ1) is 18.2. The zero-order valence-corrected chi connectivity index (χ0v) is 15.5. The molecule has 0 radical (unpaired) electrons. The van der Waals surface area contributed by atoms with Crippen LogP contribution in [0.25, 0.3) is 17.5 Å². The van der Waals surface area contributed by atoms with Gasteiger partial charge >= 0.3 is 6.03 Å². The predicted octanol–water partition coefficient (Wildman–Crippen LogP) is 3.15. The molecule has 7 nitrogen and oxygen atoms in total. The monoisotopic (exact) mass is 384 g/mol. The van der Waals surface area contributed by atoms with Gasteiger partial charge in [-0.05, 0) is 18.2 Å². The fourth-order valence-electron chi connectivity index (χ4n) is 2.96. The zero-order valence-electron chi connectivity index (χ0n) is 15.5. The Balaban J connectivity index is 1.69. The maximum absolute atomic E-state index is 12.9. The number of carbonyl (C=O) groups is 3. The molecule has 0 saturated carbocycles. The zero-order chi connectivity index (χ0) is 20.4. The van der Waals surface area contributed by atoms with Crippen molar-refractivity contribution in [2.75, 3.05) is 11.9 Å². The Morgan fingerprint density at radius 2 is 1.38 bits per heavy atom. The van der Waals surface area contributed by atoms with E-state index in [1.807, 2.05) is 30.3 Å². The number of benzene rings is 2. The fraction of sp³-hybridized carbons (Fsp3) is 0.0455. The molecule has 1 aliphatic heterocycles. The molecule has 0 bridgehead atoms. The molecule has 0 atom stereocenters. The standard InChI is InChI=1S/C22H16N4O3/c1-25-20(27)18(21(28)26(22(25)29)17-10-6-3-7-11-17)12-15-13-23-19(24-14-15)16-8-4-2-5-9-16/h2-14H,1H3/b18-12+. The average Bonchev–Trinajstić information content (AvgIpc) is 2.77. The second kappa shape index (κ2) is 7.47. The molecule has 3 aromatic rings. The predicted molar refractivity (Wildman–Crippen MR) is 108 cm³/mol. The van der Waals surface area contributed by atoms with E-state index in [1.165, 1.54) is 25.5 Å². The van der Waals surface area contributed by atoms with Crippen molar-refractivity contribution < 1.29 is 14.4 Å². The molecule has 0 aliphatic carbocycles. The van der Waals surface area contributed by atoms with Crippen LogP contribution in [0.4, 0.5) is 10.5 Å². The quantitative estimate of drug-likeness (QED) is 0.512. The van der Waals surface area contributed by atoms with Gasteiger partial charge in [-0.3, -0.25) is 14.5 Å². The van der Waals surface area contributed by atoms with E-state index in [4.69, 9.17) is 0 Å². The SMILES string of the molecule is CN1C(=O)/C(=C\c2cnc(-c3ccccc3)nc2)C(=O)N(c2ccccc2)C1=O. The van der Waals surface area contributed by atoms with E-state index in [1.54, 1.807) is 30.3 Å². The van der Waals surface area contributed by atoms with Gasteiger partial charge in [-0.25, -0.2) is 19.7 Å². The Kier molecular flexibility index (Phi) is 4.70. The van der Waals surface area contributed by atoms with Crippen LogP contribution in [0.15, 0.2) is 78.6 Å². The third-order valence-electron chi connectivity index (χ3n) is 4.48. The summed E-state index contributed by atoms with van der Waals surface area (Å²) in [5.41, 5.74) is 1.60. The lowest BCUT2D eigenvalue weighted by Crippen LogP contribution is -2.55. The molecule has 4 rings (SSSR count). The van der Waals surface area contributed by atoms with E-state index in [-0.39, 0.29) is 5.57 Å². The molecule has 1 aliphatic rings. The lowest BCUT2D eigenvalue weighted by atomic mass is 10.1. The second-order valence-corrected chi connectivity index (χ2v) is 6.39. The van der Waals surface area contributed by atoms with E-state index in [0.717, 1.165) is 15.4 Å². The van der Waals surface area contributed by atoms with Gasteiger partial charge < -0.3 is 0 Å². The average molecular weight is 384 g/mol. The number of amides is 4. The number of hydrogen-bond donors (Lipinski definition) is 0. The van der Waals surface area contributed by atoms with E-state index >= 15 is 0 Å². The van der Waals surface area contributed by atoms with Crippen LogP contribution in [-0.2, 0) is 9.59 Å². The minimum Gasteiger partial charge on any atom is -0.268 e. The van der Waals surface area contributed by atoms with Gasteiger partial charge in [-0.1, -0.05) is 48.5 Å². The lowest BCUT2D eigenvalue weighted by Gasteiger charge is -2.31. The molecule has 2 aromatic carbocycles. The van der Waals surface area contributed by atoms with Crippen molar-refractivity contribution in [2.45, 2.75) is 0 Å². The summed E-state index contributed by atoms with van der Waals surface area (Å²) in [6.07, 6.45) is 4.47. The van der Waals surface area contributed by atoms with Crippen LogP contribution in [-0.4, -0.2) is 39.8 Å². The number of barbiturate groups is 1. The minimum absolute atomic E-state index is 0.132. The summed E-state index contributed by atoms with van der Waals surface area (Å²) in [7, 11) is 1.34. The highest BCUT2D eigenvalue weighted by Gasteiger charge is 2.40. The fourth-order valence-corrected chi connectivity index (χ4v) is 2.96. The first-order valence-corrected chi connectivity index (χ1v) is 8.87. The number of para-hydroxylation sites is 1. The molecule has 4 amide bonds. The minimum atomic E-state index is -0.695. The normalized spacial score (nSPS) is 15.9. The van der Waals surface area contributed by atoms with E-state index < -0.39 is 17.8 Å². The van der Waals surface area contributed by atoms with Crippen molar-refractivity contribution in [1.29, 1.82) is 0 Å². The summed E-state index contributed by atoms with van der Waals surface area (Å²) in [5, 5.41) is 0. The van der Waals surface area contributed by atoms with Gasteiger partial charge in [-0.15, -0.1) is 0 Å². The molecule has 142 valence electrons. The molecule has 0 unspecified atom stereocenters. The molecular weight excluding hydrogens is 368 g/mol. The van der Waals surface area contributed by atoms with Gasteiger partial charge in [0.05, 0.1) is 5.69 Å². The topological polar surface area (TPSA) is 83.5 Å². The van der Waals surface area contributed by atoms with Gasteiger partial charge in [0, 0.05) is 30.6 Å². The molecule has 1 saturated heterocycles. The number of nitrogens with zero attached hydrogens (tertiary/aromatic N) is 4. The first-order chi connectivity index (χ1) is 14.1. The van der Waals surface area contributed by atoms with E-state index in [0.29, 0.717) is 17.1 Å². The van der Waals surface area contributed by atoms with Gasteiger partial charge in [0.15, 0.2) is 5.82 Å². The molecule has 29 heavy (non-hydrogen) atoms. The Bertz CT molecular complexity index is 1110. The number of carbonyl (C=O) groups excluding carboxylic acids is 3. The summed E-state index contributed by atoms with van der Waals surface area (Å²) >= 11 is 0. The Morgan fingerprint density at radius 1 is 0.793 bits per heavy atom. The maximum Gasteiger partial charge on any atom is 0.338 e. The first-order valence-electron chi connectivity index (χ1n) is 8.87. The van der Waals surface area contributed by atoms with E-state index in [2.05, 4.69) is 9.97 Å². The smallest absolute Gasteiger partial charge is 0.268 e. The van der Waals surface area contributed by atoms with E-state index in [9.17, 15) is 14.4 Å². The Morgan fingerprint density at radius 3 is 2.00 bits per heavy atom. The Hall–Kier alpha value is -4.13. The van der Waals surface area contributed by atoms with Crippen LogP contribution in [0.5, 0.6) is 0 Å². The van der Waals surface area contributed by atoms with Crippen LogP contribution in [0.3, 0.4) is 0 Å². The number of anilines is 1. The van der Waals surface area contributed by atoms with Crippen molar-refractivity contribution in [3.8, 4) is 11.4 Å². The lowest BCUT2D eigenvalue weighted by molar-refractivity contribution is -0.128. The Labute approximate surface area is 166 Å². The van der Waals surface area contributed by atoms with Crippen LogP contribution in [0.1, 0.15) is 5.56 Å². The third-order valence-corrected chi connectivity index (χ3v) is 4.48. The van der Waals surface area contributed by atoms with Gasteiger partial charge in [-0.2, -0.15) is 0 Å². The summed E-state index contributed by atoms with van der Waals surface area (Å²) < 4.78 is 0. The molecule has 7 heteroatoms. The van der Waals surface area contributed by atoms with Crippen LogP contribution >= 0.6 is 0 Å². The van der Waals surface area contributed by atoms with Crippen LogP contribution in [0.2, 0.25) is 0 Å². The van der Waals surface area contributed by atoms with Crippen molar-refractivity contribution in [1.82, 2.24) is 14.9 Å². The molecule has 0 spiro atoms. The van der Waals surface area contributed by atoms with Crippen molar-refractivity contribution in [3.63, 3.8) is 0 Å². The summed E-state index contributed by atoms with van der Waals surface area (Å²) in [6.45, 7) is 0. The molecule has 0 N–H and O–H groups in total. The van der Waals surface area contributed by atoms with Gasteiger partial charge in [0.2, 0.25) is 0 Å². The largest absolute Gasteiger partial charge is 0.338 e. The van der Waals surface area contributed by atoms with Gasteiger partial charge in [0.1, 0.15) is 5.57 Å².